The van der Waals surface area contributed by atoms with E-state index < -0.39 is 0 Å². The van der Waals surface area contributed by atoms with Crippen molar-refractivity contribution in [2.75, 3.05) is 0 Å². The lowest BCUT2D eigenvalue weighted by molar-refractivity contribution is 1.84. The molecule has 0 amide bonds. The summed E-state index contributed by atoms with van der Waals surface area (Å²) < 4.78 is 0. The van der Waals surface area contributed by atoms with Gasteiger partial charge >= 0.3 is 0 Å². The van der Waals surface area contributed by atoms with Gasteiger partial charge < -0.3 is 0 Å². The molecule has 0 spiro atoms. The van der Waals surface area contributed by atoms with Crippen molar-refractivity contribution in [3.05, 3.63) is 0 Å². The molecule has 0 aromatic heterocycles. The van der Waals surface area contributed by atoms with Crippen LogP contribution in [-0.2, 0) is 0 Å². The summed E-state index contributed by atoms with van der Waals surface area (Å²) in [6.07, 6.45) is 0. The van der Waals surface area contributed by atoms with Gasteiger partial charge in [0.25, 0.3) is 0 Å². The minimum absolute atomic E-state index is 1.39. The quantitative estimate of drug-likeness (QED) is 0.122. The third kappa shape index (κ3) is 6.72. The molecule has 0 saturated heterocycles. The molecule has 0 aliphatic rings. The van der Waals surface area contributed by atoms with Crippen molar-refractivity contribution >= 4 is 427 Å². The zero-order valence-corrected chi connectivity index (χ0v) is 50.0. The van der Waals surface area contributed by atoms with Crippen LogP contribution in [0.3, 0.4) is 0 Å². The van der Waals surface area contributed by atoms with Crippen LogP contribution in [0.5, 0.6) is 0 Å². The van der Waals surface area contributed by atoms with Gasteiger partial charge in [-0.15, -0.1) is 49.2 Å². The Morgan fingerprint density at radius 3 is 0.486 bits per heavy atom. The van der Waals surface area contributed by atoms with Crippen LogP contribution >= 0.6 is 0 Å². The number of hydrogen-bond acceptors (Lipinski definition) is 0. The third-order valence-corrected chi connectivity index (χ3v) is 21.1. The fourth-order valence-corrected chi connectivity index (χ4v) is 14.9. The molecule has 0 radical (unpaired) electrons. The molecule has 0 atom stereocenters. The first kappa shape index (κ1) is 52.9. The van der Waals surface area contributed by atoms with E-state index in [1.54, 1.807) is 0 Å². The second-order valence-electron chi connectivity index (χ2n) is 23.5. The van der Waals surface area contributed by atoms with E-state index in [1.165, 1.54) is 240 Å². The predicted octanol–water partition coefficient (Wildman–Crippen LogP) is -36.3. The highest BCUT2D eigenvalue weighted by Gasteiger charge is 2.32. The van der Waals surface area contributed by atoms with Crippen LogP contribution in [0.1, 0.15) is 0 Å². The van der Waals surface area contributed by atoms with Gasteiger partial charge in [0.05, 0.1) is 0 Å². The van der Waals surface area contributed by atoms with Crippen molar-refractivity contribution in [1.82, 2.24) is 0 Å². The molecule has 0 unspecified atom stereocenters. The molecule has 0 N–H and O–H groups in total. The second-order valence-corrected chi connectivity index (χ2v) is 23.5. The SMILES string of the molecule is Bc1c(B)c(B)c2c(B)c(-c3c4c(B)c(B)c(B)c(B)c4c(-c4c(B)c(B)c5c(B)c(B)c(B)c(B)c5c4B)c4c(B)c(-c5c(B)c(B)c(B)c6c(B)c(B)c(B)c(B)c56)c(B)c(B)c34)c(B)c(B)c2c1B. The van der Waals surface area contributed by atoms with Crippen molar-refractivity contribution in [3.63, 3.8) is 0 Å². The highest BCUT2D eigenvalue weighted by Crippen LogP contribution is 2.40. The summed E-state index contributed by atoms with van der Waals surface area (Å²) in [5.74, 6) is 0. The summed E-state index contributed by atoms with van der Waals surface area (Å²) in [4.78, 5) is 0. The average Bonchev–Trinajstić information content (AvgIpc) is 3.34. The van der Waals surface area contributed by atoms with Gasteiger partial charge in [-0.1, -0.05) is 104 Å². The number of fused-ring (bicyclic) bond motifs is 5. The highest BCUT2D eigenvalue weighted by atomic mass is 14.3. The van der Waals surface area contributed by atoms with E-state index in [2.05, 4.69) is 220 Å². The van der Waals surface area contributed by atoms with Gasteiger partial charge in [0.15, 0.2) is 0 Å². The molecule has 0 heterocycles. The summed E-state index contributed by atoms with van der Waals surface area (Å²) in [5.41, 5.74) is 47.8. The van der Waals surface area contributed by atoms with Crippen LogP contribution in [0.2, 0.25) is 0 Å². The Morgan fingerprint density at radius 1 is 0.0833 bits per heavy atom. The summed E-state index contributed by atoms with van der Waals surface area (Å²) in [7, 11) is 67.2. The van der Waals surface area contributed by atoms with E-state index in [0.717, 1.165) is 0 Å². The Balaban J connectivity index is 1.72. The Kier molecular flexibility index (Phi) is 13.1. The topological polar surface area (TPSA) is 0 Å². The zero-order chi connectivity index (χ0) is 53.4. The van der Waals surface area contributed by atoms with Crippen LogP contribution < -0.4 is 153 Å². The van der Waals surface area contributed by atoms with Crippen LogP contribution in [-0.4, -0.2) is 220 Å². The van der Waals surface area contributed by atoms with Crippen molar-refractivity contribution in [2.24, 2.45) is 0 Å². The van der Waals surface area contributed by atoms with Gasteiger partial charge in [-0.25, -0.2) is 0 Å². The van der Waals surface area contributed by atoms with Gasteiger partial charge in [0.2, 0.25) is 0 Å². The molecule has 0 fully saturated rings. The van der Waals surface area contributed by atoms with Crippen molar-refractivity contribution in [2.45, 2.75) is 0 Å². The Bertz CT molecular complexity index is 4110. The molecule has 9 aromatic carbocycles. The number of rotatable bonds is 3. The van der Waals surface area contributed by atoms with Crippen molar-refractivity contribution in [1.29, 1.82) is 0 Å². The maximum Gasteiger partial charge on any atom is 0.140 e. The summed E-state index contributed by atoms with van der Waals surface area (Å²) in [6.45, 7) is 0. The van der Waals surface area contributed by atoms with Gasteiger partial charge in [-0.05, 0) is 87.2 Å². The first-order valence-electron chi connectivity index (χ1n) is 27.0. The average molecular weight is 888 g/mol. The minimum Gasteiger partial charge on any atom is -0.101 e. The Labute approximate surface area is 456 Å². The summed E-state index contributed by atoms with van der Waals surface area (Å²) >= 11 is 0. The van der Waals surface area contributed by atoms with Crippen molar-refractivity contribution < 1.29 is 0 Å². The fraction of sp³-hybridized carbons (Fsp3) is 0. The van der Waals surface area contributed by atoms with E-state index in [4.69, 9.17) is 0 Å². The lowest BCUT2D eigenvalue weighted by Crippen LogP contribution is -2.53. The Morgan fingerprint density at radius 2 is 0.208 bits per heavy atom. The molecular weight excluding hydrogens is 831 g/mol. The largest absolute Gasteiger partial charge is 0.140 e. The molecule has 72 heavy (non-hydrogen) atoms. The first-order valence-corrected chi connectivity index (χ1v) is 27.0. The molecule has 28 heteroatoms. The van der Waals surface area contributed by atoms with E-state index in [1.807, 2.05) is 0 Å². The van der Waals surface area contributed by atoms with Crippen LogP contribution in [0.15, 0.2) is 0 Å². The molecule has 0 nitrogen and oxygen atoms in total. The monoisotopic (exact) mass is 893 g/mol. The van der Waals surface area contributed by atoms with Crippen LogP contribution in [0, 0.1) is 0 Å². The lowest BCUT2D eigenvalue weighted by atomic mass is 9.55. The minimum atomic E-state index is 1.39. The Hall–Kier alpha value is -3.90. The standard InChI is InChI=1S/C44H56B28/c45-17-3-1(9-18(46)13-15(28(56)25(9)53)34(62)43(71)41(69)32(13)60)5-6(22(50)38(66)37(65)21(5)49)2(10-19(47)14-16(29(57)26(10)54)35(63)44(72)42(70)33(14)61)4(3)20(48)27(55)11(17)7-8-12(30(58)36(64)23(7)51)31(59)40(68)39(67)24(8)52/h45-72H2. The molecule has 0 saturated carbocycles. The molecule has 9 aromatic rings. The zero-order valence-electron chi connectivity index (χ0n) is 50.0. The normalized spacial score (nSPS) is 11.8. The first-order chi connectivity index (χ1) is 33.5. The maximum atomic E-state index is 2.52. The van der Waals surface area contributed by atoms with E-state index in [0.29, 0.717) is 0 Å². The lowest BCUT2D eigenvalue weighted by Gasteiger charge is -2.33. The molecular formula is C44H56B28. The van der Waals surface area contributed by atoms with E-state index in [9.17, 15) is 0 Å². The molecule has 316 valence electrons. The van der Waals surface area contributed by atoms with Crippen LogP contribution in [0.4, 0.5) is 0 Å². The number of hydrogen-bond donors (Lipinski definition) is 0. The van der Waals surface area contributed by atoms with E-state index in [-0.39, 0.29) is 0 Å². The van der Waals surface area contributed by atoms with Gasteiger partial charge in [0.1, 0.15) is 220 Å². The number of benzene rings is 9. The third-order valence-electron chi connectivity index (χ3n) is 21.1. The van der Waals surface area contributed by atoms with Gasteiger partial charge in [-0.3, -0.25) is 0 Å². The summed E-state index contributed by atoms with van der Waals surface area (Å²) in [5, 5.41) is 14.3. The summed E-state index contributed by atoms with van der Waals surface area (Å²) in [6, 6.07) is 0. The molecule has 0 aliphatic heterocycles. The highest BCUT2D eigenvalue weighted by molar-refractivity contribution is 6.78. The van der Waals surface area contributed by atoms with Crippen LogP contribution in [0.25, 0.3) is 87.2 Å². The predicted molar refractivity (Wildman–Crippen MR) is 419 cm³/mol. The molecule has 9 rings (SSSR count). The smallest absolute Gasteiger partial charge is 0.101 e. The molecule has 0 aliphatic carbocycles. The van der Waals surface area contributed by atoms with Crippen molar-refractivity contribution in [3.8, 4) is 33.4 Å². The fourth-order valence-electron chi connectivity index (χ4n) is 14.9. The van der Waals surface area contributed by atoms with Gasteiger partial charge in [0, 0.05) is 0 Å². The van der Waals surface area contributed by atoms with E-state index >= 15 is 0 Å². The second kappa shape index (κ2) is 17.9. The molecule has 0 bridgehead atoms. The maximum absolute atomic E-state index is 2.52. The van der Waals surface area contributed by atoms with Gasteiger partial charge in [-0.2, -0.15) is 0 Å².